The van der Waals surface area contributed by atoms with E-state index in [9.17, 15) is 9.59 Å². The van der Waals surface area contributed by atoms with Gasteiger partial charge < -0.3 is 16.0 Å². The lowest BCUT2D eigenvalue weighted by molar-refractivity contribution is -0.120. The van der Waals surface area contributed by atoms with Gasteiger partial charge >= 0.3 is 0 Å². The Balaban J connectivity index is 1.67. The van der Waals surface area contributed by atoms with Crippen molar-refractivity contribution in [1.82, 2.24) is 0 Å². The molecule has 1 aliphatic heterocycles. The van der Waals surface area contributed by atoms with Crippen molar-refractivity contribution < 1.29 is 9.59 Å². The van der Waals surface area contributed by atoms with Crippen LogP contribution in [0.25, 0.3) is 0 Å². The minimum absolute atomic E-state index is 0.00463. The zero-order valence-electron chi connectivity index (χ0n) is 11.4. The molecule has 2 fully saturated rings. The molecule has 2 aliphatic rings. The number of benzene rings is 1. The Labute approximate surface area is 118 Å². The lowest BCUT2D eigenvalue weighted by Crippen LogP contribution is -2.30. The highest BCUT2D eigenvalue weighted by Crippen LogP contribution is 2.45. The molecule has 1 aromatic carbocycles. The summed E-state index contributed by atoms with van der Waals surface area (Å²) in [5.41, 5.74) is 6.95. The predicted molar refractivity (Wildman–Crippen MR) is 77.4 cm³/mol. The van der Waals surface area contributed by atoms with Gasteiger partial charge in [0.2, 0.25) is 11.8 Å². The average molecular weight is 273 g/mol. The van der Waals surface area contributed by atoms with Crippen molar-refractivity contribution in [3.63, 3.8) is 0 Å². The summed E-state index contributed by atoms with van der Waals surface area (Å²) in [7, 11) is 0. The van der Waals surface area contributed by atoms with Crippen molar-refractivity contribution in [1.29, 1.82) is 0 Å². The van der Waals surface area contributed by atoms with E-state index >= 15 is 0 Å². The molecule has 1 heterocycles. The van der Waals surface area contributed by atoms with Gasteiger partial charge in [-0.2, -0.15) is 0 Å². The molecule has 1 aliphatic carbocycles. The summed E-state index contributed by atoms with van der Waals surface area (Å²) in [6.07, 6.45) is 3.28. The molecule has 1 saturated heterocycles. The zero-order valence-corrected chi connectivity index (χ0v) is 11.4. The van der Waals surface area contributed by atoms with E-state index in [1.54, 1.807) is 4.90 Å². The molecule has 0 atom stereocenters. The third kappa shape index (κ3) is 2.29. The maximum atomic E-state index is 12.1. The van der Waals surface area contributed by atoms with Gasteiger partial charge in [0, 0.05) is 30.9 Å². The molecule has 3 N–H and O–H groups in total. The summed E-state index contributed by atoms with van der Waals surface area (Å²) in [6.45, 7) is 1.18. The van der Waals surface area contributed by atoms with Crippen LogP contribution < -0.4 is 16.0 Å². The fraction of sp³-hybridized carbons (Fsp3) is 0.467. The van der Waals surface area contributed by atoms with Gasteiger partial charge in [-0.25, -0.2) is 0 Å². The molecule has 5 nitrogen and oxygen atoms in total. The molecule has 5 heteroatoms. The number of hydrogen-bond donors (Lipinski definition) is 2. The van der Waals surface area contributed by atoms with Crippen molar-refractivity contribution in [3.05, 3.63) is 24.3 Å². The molecule has 1 saturated carbocycles. The number of nitrogens with two attached hydrogens (primary N) is 1. The van der Waals surface area contributed by atoms with Crippen LogP contribution in [0.3, 0.4) is 0 Å². The highest BCUT2D eigenvalue weighted by Gasteiger charge is 2.48. The first-order valence-electron chi connectivity index (χ1n) is 7.07. The summed E-state index contributed by atoms with van der Waals surface area (Å²) in [4.78, 5) is 25.5. The van der Waals surface area contributed by atoms with Crippen molar-refractivity contribution in [2.45, 2.75) is 25.7 Å². The lowest BCUT2D eigenvalue weighted by Gasteiger charge is -2.17. The smallest absolute Gasteiger partial charge is 0.231 e. The minimum atomic E-state index is -0.344. The van der Waals surface area contributed by atoms with E-state index in [2.05, 4.69) is 5.32 Å². The van der Waals surface area contributed by atoms with E-state index in [0.29, 0.717) is 13.0 Å². The third-order valence-corrected chi connectivity index (χ3v) is 4.24. The summed E-state index contributed by atoms with van der Waals surface area (Å²) >= 11 is 0. The second kappa shape index (κ2) is 4.90. The Morgan fingerprint density at radius 1 is 1.30 bits per heavy atom. The van der Waals surface area contributed by atoms with E-state index in [-0.39, 0.29) is 17.2 Å². The fourth-order valence-electron chi connectivity index (χ4n) is 2.58. The Morgan fingerprint density at radius 3 is 2.50 bits per heavy atom. The maximum absolute atomic E-state index is 12.1. The van der Waals surface area contributed by atoms with Crippen LogP contribution in [0.1, 0.15) is 25.7 Å². The average Bonchev–Trinajstić information content (AvgIpc) is 3.16. The molecular formula is C15H19N3O2. The Kier molecular flexibility index (Phi) is 3.22. The molecule has 0 radical (unpaired) electrons. The molecule has 106 valence electrons. The van der Waals surface area contributed by atoms with Gasteiger partial charge in [0.15, 0.2) is 0 Å². The number of nitrogens with zero attached hydrogens (tertiary/aromatic N) is 1. The summed E-state index contributed by atoms with van der Waals surface area (Å²) in [6, 6.07) is 7.43. The summed E-state index contributed by atoms with van der Waals surface area (Å²) in [5.74, 6) is 0.173. The quantitative estimate of drug-likeness (QED) is 0.872. The highest BCUT2D eigenvalue weighted by molar-refractivity contribution is 5.98. The topological polar surface area (TPSA) is 75.4 Å². The zero-order chi connectivity index (χ0) is 14.2. The molecule has 0 unspecified atom stereocenters. The van der Waals surface area contributed by atoms with Gasteiger partial charge in [-0.15, -0.1) is 0 Å². The molecule has 0 bridgehead atoms. The van der Waals surface area contributed by atoms with Crippen LogP contribution in [-0.2, 0) is 9.59 Å². The SMILES string of the molecule is NCC1(C(=O)Nc2ccc(N3CCCC3=O)cc2)CC1. The minimum Gasteiger partial charge on any atom is -0.329 e. The van der Waals surface area contributed by atoms with Crippen molar-refractivity contribution in [3.8, 4) is 0 Å². The second-order valence-corrected chi connectivity index (χ2v) is 5.63. The van der Waals surface area contributed by atoms with Crippen LogP contribution in [0.2, 0.25) is 0 Å². The van der Waals surface area contributed by atoms with E-state index in [0.717, 1.165) is 37.2 Å². The number of carbonyl (C=O) groups excluding carboxylic acids is 2. The third-order valence-electron chi connectivity index (χ3n) is 4.24. The summed E-state index contributed by atoms with van der Waals surface area (Å²) in [5, 5.41) is 2.90. The largest absolute Gasteiger partial charge is 0.329 e. The number of hydrogen-bond acceptors (Lipinski definition) is 3. The number of carbonyl (C=O) groups is 2. The monoisotopic (exact) mass is 273 g/mol. The number of anilines is 2. The predicted octanol–water partition coefficient (Wildman–Crippen LogP) is 1.49. The van der Waals surface area contributed by atoms with E-state index in [1.807, 2.05) is 24.3 Å². The number of amides is 2. The molecule has 0 aromatic heterocycles. The van der Waals surface area contributed by atoms with Gasteiger partial charge in [-0.3, -0.25) is 9.59 Å². The Bertz CT molecular complexity index is 535. The number of rotatable bonds is 4. The number of nitrogens with one attached hydrogen (secondary N) is 1. The Morgan fingerprint density at radius 2 is 2.00 bits per heavy atom. The maximum Gasteiger partial charge on any atom is 0.231 e. The van der Waals surface area contributed by atoms with Crippen LogP contribution >= 0.6 is 0 Å². The Hall–Kier alpha value is -1.88. The first-order valence-corrected chi connectivity index (χ1v) is 7.07. The van der Waals surface area contributed by atoms with Crippen molar-refractivity contribution in [2.75, 3.05) is 23.3 Å². The van der Waals surface area contributed by atoms with Gasteiger partial charge in [-0.05, 0) is 43.5 Å². The second-order valence-electron chi connectivity index (χ2n) is 5.63. The van der Waals surface area contributed by atoms with Crippen molar-refractivity contribution in [2.24, 2.45) is 11.1 Å². The van der Waals surface area contributed by atoms with Crippen LogP contribution in [0.4, 0.5) is 11.4 Å². The van der Waals surface area contributed by atoms with Gasteiger partial charge in [-0.1, -0.05) is 0 Å². The first kappa shape index (κ1) is 13.1. The van der Waals surface area contributed by atoms with Crippen molar-refractivity contribution >= 4 is 23.2 Å². The van der Waals surface area contributed by atoms with Gasteiger partial charge in [0.25, 0.3) is 0 Å². The molecule has 1 aromatic rings. The van der Waals surface area contributed by atoms with Gasteiger partial charge in [0.1, 0.15) is 0 Å². The molecule has 3 rings (SSSR count). The fourth-order valence-corrected chi connectivity index (χ4v) is 2.58. The highest BCUT2D eigenvalue weighted by atomic mass is 16.2. The molecule has 2 amide bonds. The lowest BCUT2D eigenvalue weighted by atomic mass is 10.1. The van der Waals surface area contributed by atoms with E-state index in [4.69, 9.17) is 5.73 Å². The van der Waals surface area contributed by atoms with Crippen LogP contribution in [0.5, 0.6) is 0 Å². The van der Waals surface area contributed by atoms with E-state index in [1.165, 1.54) is 0 Å². The van der Waals surface area contributed by atoms with E-state index < -0.39 is 0 Å². The van der Waals surface area contributed by atoms with Crippen LogP contribution in [-0.4, -0.2) is 24.9 Å². The summed E-state index contributed by atoms with van der Waals surface area (Å²) < 4.78 is 0. The molecule has 20 heavy (non-hydrogen) atoms. The molecular weight excluding hydrogens is 254 g/mol. The normalized spacial score (nSPS) is 20.1. The van der Waals surface area contributed by atoms with Crippen LogP contribution in [0, 0.1) is 5.41 Å². The van der Waals surface area contributed by atoms with Gasteiger partial charge in [0.05, 0.1) is 5.41 Å². The van der Waals surface area contributed by atoms with Crippen LogP contribution in [0.15, 0.2) is 24.3 Å². The first-order chi connectivity index (χ1) is 9.64. The molecule has 0 spiro atoms. The standard InChI is InChI=1S/C15H19N3O2/c16-10-15(7-8-15)14(20)17-11-3-5-12(6-4-11)18-9-1-2-13(18)19/h3-6H,1-2,7-10,16H2,(H,17,20).